The fourth-order valence-corrected chi connectivity index (χ4v) is 3.51. The normalized spacial score (nSPS) is 18.8. The molecule has 0 aromatic heterocycles. The van der Waals surface area contributed by atoms with Gasteiger partial charge in [0.1, 0.15) is 0 Å². The largest absolute Gasteiger partial charge is 0.481 e. The van der Waals surface area contributed by atoms with Crippen LogP contribution in [0.2, 0.25) is 0 Å². The van der Waals surface area contributed by atoms with Crippen LogP contribution in [0.5, 0.6) is 0 Å². The van der Waals surface area contributed by atoms with Gasteiger partial charge in [-0.05, 0) is 56.4 Å². The smallest absolute Gasteiger partial charge is 0.306 e. The van der Waals surface area contributed by atoms with E-state index in [0.717, 1.165) is 19.3 Å². The Balaban J connectivity index is 1.55. The average molecular weight is 374 g/mol. The Morgan fingerprint density at radius 3 is 2.33 bits per heavy atom. The molecular weight excluding hydrogens is 348 g/mol. The number of carboxylic acid groups (broad SMARTS) is 1. The molecule has 1 aromatic rings. The number of anilines is 1. The van der Waals surface area contributed by atoms with Gasteiger partial charge in [-0.3, -0.25) is 14.4 Å². The third-order valence-electron chi connectivity index (χ3n) is 5.64. The summed E-state index contributed by atoms with van der Waals surface area (Å²) in [6.07, 6.45) is 3.45. The number of carboxylic acids is 1. The Bertz CT molecular complexity index is 704. The van der Waals surface area contributed by atoms with Gasteiger partial charge in [-0.2, -0.15) is 0 Å². The van der Waals surface area contributed by atoms with E-state index in [2.05, 4.69) is 5.32 Å². The van der Waals surface area contributed by atoms with Gasteiger partial charge in [-0.1, -0.05) is 0 Å². The zero-order chi connectivity index (χ0) is 19.4. The van der Waals surface area contributed by atoms with Gasteiger partial charge in [-0.25, -0.2) is 0 Å². The molecule has 2 aliphatic rings. The number of ether oxygens (including phenoxy) is 1. The second kappa shape index (κ2) is 8.08. The lowest BCUT2D eigenvalue weighted by molar-refractivity contribution is -0.143. The van der Waals surface area contributed by atoms with Gasteiger partial charge >= 0.3 is 5.97 Å². The Kier molecular flexibility index (Phi) is 5.79. The molecule has 7 nitrogen and oxygen atoms in total. The standard InChI is InChI=1S/C20H26N2O5/c1-27-13-10-20(8-9-20)19(26)21-16-4-2-14(3-5-16)17(23)22-11-6-15(7-12-22)18(24)25/h2-5,15H,6-13H2,1H3,(H,21,26)(H,24,25). The van der Waals surface area contributed by atoms with Gasteiger partial charge < -0.3 is 20.1 Å². The number of aliphatic carboxylic acids is 1. The highest BCUT2D eigenvalue weighted by Crippen LogP contribution is 2.49. The molecule has 1 heterocycles. The molecule has 1 aliphatic heterocycles. The molecule has 1 aromatic carbocycles. The topological polar surface area (TPSA) is 95.9 Å². The zero-order valence-corrected chi connectivity index (χ0v) is 15.6. The van der Waals surface area contributed by atoms with Crippen LogP contribution in [0.15, 0.2) is 24.3 Å². The molecule has 2 N–H and O–H groups in total. The monoisotopic (exact) mass is 374 g/mol. The number of carbonyl (C=O) groups excluding carboxylic acids is 2. The molecule has 1 saturated heterocycles. The number of benzene rings is 1. The van der Waals surface area contributed by atoms with Gasteiger partial charge in [0.25, 0.3) is 5.91 Å². The molecule has 146 valence electrons. The summed E-state index contributed by atoms with van der Waals surface area (Å²) in [5.41, 5.74) is 0.908. The lowest BCUT2D eigenvalue weighted by Gasteiger charge is -2.30. The van der Waals surface area contributed by atoms with Crippen LogP contribution in [0.3, 0.4) is 0 Å². The summed E-state index contributed by atoms with van der Waals surface area (Å²) in [7, 11) is 1.63. The molecule has 0 spiro atoms. The highest BCUT2D eigenvalue weighted by molar-refractivity contribution is 5.98. The maximum Gasteiger partial charge on any atom is 0.306 e. The van der Waals surface area contributed by atoms with Gasteiger partial charge in [0.05, 0.1) is 11.3 Å². The predicted octanol–water partition coefficient (Wildman–Crippen LogP) is 2.38. The molecule has 3 rings (SSSR count). The van der Waals surface area contributed by atoms with E-state index >= 15 is 0 Å². The zero-order valence-electron chi connectivity index (χ0n) is 15.6. The third kappa shape index (κ3) is 4.47. The molecule has 27 heavy (non-hydrogen) atoms. The van der Waals surface area contributed by atoms with E-state index in [4.69, 9.17) is 9.84 Å². The fraction of sp³-hybridized carbons (Fsp3) is 0.550. The van der Waals surface area contributed by atoms with Gasteiger partial charge in [0, 0.05) is 38.1 Å². The molecule has 7 heteroatoms. The number of nitrogens with zero attached hydrogens (tertiary/aromatic N) is 1. The SMILES string of the molecule is COCCC1(C(=O)Nc2ccc(C(=O)N3CCC(C(=O)O)CC3)cc2)CC1. The molecule has 2 fully saturated rings. The van der Waals surface area contributed by atoms with Crippen LogP contribution in [0, 0.1) is 11.3 Å². The van der Waals surface area contributed by atoms with E-state index in [0.29, 0.717) is 43.8 Å². The maximum absolute atomic E-state index is 12.6. The summed E-state index contributed by atoms with van der Waals surface area (Å²) in [5, 5.41) is 12.0. The van der Waals surface area contributed by atoms with Crippen molar-refractivity contribution >= 4 is 23.5 Å². The number of hydrogen-bond acceptors (Lipinski definition) is 4. The molecular formula is C20H26N2O5. The van der Waals surface area contributed by atoms with E-state index < -0.39 is 5.97 Å². The van der Waals surface area contributed by atoms with Gasteiger partial charge in [0.15, 0.2) is 0 Å². The second-order valence-electron chi connectivity index (χ2n) is 7.46. The summed E-state index contributed by atoms with van der Waals surface area (Å²) < 4.78 is 5.08. The van der Waals surface area contributed by atoms with Crippen molar-refractivity contribution in [3.8, 4) is 0 Å². The summed E-state index contributed by atoms with van der Waals surface area (Å²) in [4.78, 5) is 37.7. The van der Waals surface area contributed by atoms with Crippen molar-refractivity contribution in [2.24, 2.45) is 11.3 Å². The van der Waals surface area contributed by atoms with Gasteiger partial charge in [0.2, 0.25) is 5.91 Å². The summed E-state index contributed by atoms with van der Waals surface area (Å²) in [5.74, 6) is -1.24. The van der Waals surface area contributed by atoms with Crippen molar-refractivity contribution < 1.29 is 24.2 Å². The van der Waals surface area contributed by atoms with Crippen molar-refractivity contribution in [2.45, 2.75) is 32.1 Å². The molecule has 1 saturated carbocycles. The highest BCUT2D eigenvalue weighted by atomic mass is 16.5. The summed E-state index contributed by atoms with van der Waals surface area (Å²) in [6.45, 7) is 1.48. The minimum atomic E-state index is -0.791. The number of nitrogens with one attached hydrogen (secondary N) is 1. The third-order valence-corrected chi connectivity index (χ3v) is 5.64. The quantitative estimate of drug-likeness (QED) is 0.764. The van der Waals surface area contributed by atoms with Crippen molar-refractivity contribution in [3.63, 3.8) is 0 Å². The number of piperidine rings is 1. The Hall–Kier alpha value is -2.41. The summed E-state index contributed by atoms with van der Waals surface area (Å²) >= 11 is 0. The number of methoxy groups -OCH3 is 1. The van der Waals surface area contributed by atoms with Crippen LogP contribution < -0.4 is 5.32 Å². The van der Waals surface area contributed by atoms with Crippen LogP contribution >= 0.6 is 0 Å². The van der Waals surface area contributed by atoms with Crippen LogP contribution in [0.25, 0.3) is 0 Å². The second-order valence-corrected chi connectivity index (χ2v) is 7.46. The summed E-state index contributed by atoms with van der Waals surface area (Å²) in [6, 6.07) is 6.88. The first-order valence-electron chi connectivity index (χ1n) is 9.38. The lowest BCUT2D eigenvalue weighted by Crippen LogP contribution is -2.40. The van der Waals surface area contributed by atoms with Crippen LogP contribution in [-0.2, 0) is 14.3 Å². The minimum absolute atomic E-state index is 0.00868. The predicted molar refractivity (Wildman–Crippen MR) is 99.5 cm³/mol. The number of amides is 2. The van der Waals surface area contributed by atoms with E-state index in [1.807, 2.05) is 0 Å². The Labute approximate surface area is 158 Å². The molecule has 2 amide bonds. The van der Waals surface area contributed by atoms with Crippen molar-refractivity contribution in [2.75, 3.05) is 32.1 Å². The highest BCUT2D eigenvalue weighted by Gasteiger charge is 2.49. The van der Waals surface area contributed by atoms with Gasteiger partial charge in [-0.15, -0.1) is 0 Å². The molecule has 1 aliphatic carbocycles. The van der Waals surface area contributed by atoms with E-state index in [1.165, 1.54) is 0 Å². The maximum atomic E-state index is 12.6. The average Bonchev–Trinajstić information content (AvgIpc) is 3.48. The van der Waals surface area contributed by atoms with Crippen molar-refractivity contribution in [3.05, 3.63) is 29.8 Å². The van der Waals surface area contributed by atoms with E-state index in [9.17, 15) is 14.4 Å². The van der Waals surface area contributed by atoms with Crippen LogP contribution in [-0.4, -0.2) is 54.6 Å². The van der Waals surface area contributed by atoms with Crippen LogP contribution in [0.4, 0.5) is 5.69 Å². The Morgan fingerprint density at radius 1 is 1.19 bits per heavy atom. The number of likely N-dealkylation sites (tertiary alicyclic amines) is 1. The van der Waals surface area contributed by atoms with E-state index in [-0.39, 0.29) is 23.1 Å². The molecule has 0 bridgehead atoms. The Morgan fingerprint density at radius 2 is 1.81 bits per heavy atom. The minimum Gasteiger partial charge on any atom is -0.481 e. The van der Waals surface area contributed by atoms with Crippen molar-refractivity contribution in [1.82, 2.24) is 4.90 Å². The first-order chi connectivity index (χ1) is 12.9. The number of hydrogen-bond donors (Lipinski definition) is 2. The fourth-order valence-electron chi connectivity index (χ4n) is 3.51. The van der Waals surface area contributed by atoms with Crippen molar-refractivity contribution in [1.29, 1.82) is 0 Å². The number of rotatable bonds is 7. The molecule has 0 unspecified atom stereocenters. The molecule has 0 atom stereocenters. The first kappa shape index (κ1) is 19.4. The number of carbonyl (C=O) groups is 3. The molecule has 0 radical (unpaired) electrons. The first-order valence-corrected chi connectivity index (χ1v) is 9.38. The van der Waals surface area contributed by atoms with Crippen LogP contribution in [0.1, 0.15) is 42.5 Å². The van der Waals surface area contributed by atoms with E-state index in [1.54, 1.807) is 36.3 Å². The lowest BCUT2D eigenvalue weighted by atomic mass is 9.96.